The highest BCUT2D eigenvalue weighted by atomic mass is 32.1. The molecule has 0 spiro atoms. The van der Waals surface area contributed by atoms with Crippen molar-refractivity contribution in [3.05, 3.63) is 82.4 Å². The fourth-order valence-electron chi connectivity index (χ4n) is 2.73. The molecule has 0 amide bonds. The molecule has 0 unspecified atom stereocenters. The molecule has 3 rings (SSSR count). The van der Waals surface area contributed by atoms with E-state index in [4.69, 9.17) is 17.3 Å². The van der Waals surface area contributed by atoms with Gasteiger partial charge >= 0.3 is 0 Å². The fourth-order valence-corrected chi connectivity index (χ4v) is 2.93. The quantitative estimate of drug-likeness (QED) is 0.642. The molecule has 124 valence electrons. The second-order valence-corrected chi connectivity index (χ2v) is 6.43. The number of rotatable bonds is 6. The zero-order chi connectivity index (χ0) is 16.9. The molecule has 5 heteroatoms. The first-order valence-electron chi connectivity index (χ1n) is 8.02. The number of hydrogen-bond donors (Lipinski definition) is 0. The van der Waals surface area contributed by atoms with Crippen molar-refractivity contribution in [1.82, 2.24) is 19.2 Å². The predicted octanol–water partition coefficient (Wildman–Crippen LogP) is 3.63. The minimum atomic E-state index is 0.677. The summed E-state index contributed by atoms with van der Waals surface area (Å²) in [7, 11) is 4.07. The molecular weight excluding hydrogens is 316 g/mol. The molecule has 0 fully saturated rings. The Morgan fingerprint density at radius 1 is 0.958 bits per heavy atom. The first-order chi connectivity index (χ1) is 11.6. The van der Waals surface area contributed by atoms with Gasteiger partial charge in [0.2, 0.25) is 0 Å². The van der Waals surface area contributed by atoms with E-state index in [0.29, 0.717) is 6.67 Å². The van der Waals surface area contributed by atoms with Crippen LogP contribution in [0.3, 0.4) is 0 Å². The van der Waals surface area contributed by atoms with E-state index in [1.807, 2.05) is 28.4 Å². The molecule has 24 heavy (non-hydrogen) atoms. The summed E-state index contributed by atoms with van der Waals surface area (Å²) >= 11 is 5.55. The minimum Gasteiger partial charge on any atom is -0.307 e. The Morgan fingerprint density at radius 2 is 1.54 bits per heavy atom. The molecular formula is C19H22N4S. The van der Waals surface area contributed by atoms with Crippen molar-refractivity contribution in [2.45, 2.75) is 19.6 Å². The van der Waals surface area contributed by atoms with E-state index < -0.39 is 0 Å². The second-order valence-electron chi connectivity index (χ2n) is 6.06. The van der Waals surface area contributed by atoms with Crippen molar-refractivity contribution in [1.29, 1.82) is 0 Å². The summed E-state index contributed by atoms with van der Waals surface area (Å²) in [5.41, 5.74) is 2.53. The third kappa shape index (κ3) is 3.99. The van der Waals surface area contributed by atoms with Gasteiger partial charge in [-0.3, -0.25) is 4.90 Å². The Balaban J connectivity index is 1.72. The molecule has 2 aromatic carbocycles. The number of hydrogen-bond acceptors (Lipinski definition) is 3. The molecule has 0 saturated carbocycles. The summed E-state index contributed by atoms with van der Waals surface area (Å²) in [5, 5.41) is 4.72. The molecule has 0 radical (unpaired) electrons. The Bertz CT molecular complexity index is 837. The van der Waals surface area contributed by atoms with E-state index in [9.17, 15) is 0 Å². The zero-order valence-electron chi connectivity index (χ0n) is 14.1. The average molecular weight is 338 g/mol. The lowest BCUT2D eigenvalue weighted by molar-refractivity contribution is 0.243. The van der Waals surface area contributed by atoms with Gasteiger partial charge in [0.1, 0.15) is 5.82 Å². The van der Waals surface area contributed by atoms with E-state index in [2.05, 4.69) is 60.5 Å². The maximum absolute atomic E-state index is 5.55. The topological polar surface area (TPSA) is 26.0 Å². The first-order valence-corrected chi connectivity index (χ1v) is 8.43. The van der Waals surface area contributed by atoms with E-state index in [1.165, 1.54) is 11.1 Å². The van der Waals surface area contributed by atoms with Gasteiger partial charge in [-0.25, -0.2) is 4.68 Å². The average Bonchev–Trinajstić information content (AvgIpc) is 2.85. The zero-order valence-corrected chi connectivity index (χ0v) is 14.9. The highest BCUT2D eigenvalue weighted by Gasteiger charge is 2.10. The van der Waals surface area contributed by atoms with Gasteiger partial charge in [-0.05, 0) is 30.4 Å². The smallest absolute Gasteiger partial charge is 0.198 e. The highest BCUT2D eigenvalue weighted by Crippen LogP contribution is 2.09. The monoisotopic (exact) mass is 338 g/mol. The van der Waals surface area contributed by atoms with Crippen LogP contribution in [0.25, 0.3) is 0 Å². The number of nitrogens with zero attached hydrogens (tertiary/aromatic N) is 4. The van der Waals surface area contributed by atoms with Crippen LogP contribution in [0, 0.1) is 4.77 Å². The van der Waals surface area contributed by atoms with E-state index in [1.54, 1.807) is 0 Å². The molecule has 1 heterocycles. The van der Waals surface area contributed by atoms with E-state index in [0.717, 1.165) is 23.6 Å². The Hall–Kier alpha value is -2.24. The van der Waals surface area contributed by atoms with Crippen LogP contribution in [0.2, 0.25) is 0 Å². The van der Waals surface area contributed by atoms with Gasteiger partial charge in [-0.1, -0.05) is 60.7 Å². The first kappa shape index (κ1) is 16.6. The van der Waals surface area contributed by atoms with E-state index in [-0.39, 0.29) is 0 Å². The van der Waals surface area contributed by atoms with Crippen molar-refractivity contribution in [3.8, 4) is 0 Å². The summed E-state index contributed by atoms with van der Waals surface area (Å²) in [4.78, 5) is 2.21. The van der Waals surface area contributed by atoms with Crippen LogP contribution in [0.1, 0.15) is 17.0 Å². The van der Waals surface area contributed by atoms with Crippen LogP contribution in [-0.2, 0) is 26.7 Å². The van der Waals surface area contributed by atoms with Gasteiger partial charge < -0.3 is 4.57 Å². The standard InChI is InChI=1S/C19H22N4S/c1-21(14-17-11-7-4-8-12-17)15-23-19(24)22(2)18(20-23)13-16-9-5-3-6-10-16/h3-12H,13-15H2,1-2H3. The summed E-state index contributed by atoms with van der Waals surface area (Å²) in [6.45, 7) is 1.55. The molecule has 0 atom stereocenters. The lowest BCUT2D eigenvalue weighted by atomic mass is 10.1. The van der Waals surface area contributed by atoms with Gasteiger partial charge in [0.15, 0.2) is 4.77 Å². The molecule has 0 aliphatic carbocycles. The van der Waals surface area contributed by atoms with Crippen molar-refractivity contribution >= 4 is 12.2 Å². The minimum absolute atomic E-state index is 0.677. The maximum Gasteiger partial charge on any atom is 0.198 e. The third-order valence-corrected chi connectivity index (χ3v) is 4.49. The van der Waals surface area contributed by atoms with Crippen molar-refractivity contribution < 1.29 is 0 Å². The Kier molecular flexibility index (Phi) is 5.23. The molecule has 0 N–H and O–H groups in total. The fraction of sp³-hybridized carbons (Fsp3) is 0.263. The van der Waals surface area contributed by atoms with Crippen molar-refractivity contribution in [3.63, 3.8) is 0 Å². The number of aromatic nitrogens is 3. The van der Waals surface area contributed by atoms with Gasteiger partial charge in [0, 0.05) is 20.0 Å². The summed E-state index contributed by atoms with van der Waals surface area (Å²) < 4.78 is 4.65. The Labute approximate surface area is 148 Å². The van der Waals surface area contributed by atoms with Gasteiger partial charge in [-0.15, -0.1) is 0 Å². The van der Waals surface area contributed by atoms with E-state index >= 15 is 0 Å². The molecule has 4 nitrogen and oxygen atoms in total. The summed E-state index contributed by atoms with van der Waals surface area (Å²) in [6.07, 6.45) is 0.788. The molecule has 0 aliphatic rings. The predicted molar refractivity (Wildman–Crippen MR) is 99.2 cm³/mol. The lowest BCUT2D eigenvalue weighted by Crippen LogP contribution is -2.22. The number of benzene rings is 2. The van der Waals surface area contributed by atoms with Gasteiger partial charge in [0.25, 0.3) is 0 Å². The van der Waals surface area contributed by atoms with Gasteiger partial charge in [0.05, 0.1) is 6.67 Å². The SMILES string of the molecule is CN(Cc1ccccc1)Cn1nc(Cc2ccccc2)n(C)c1=S. The highest BCUT2D eigenvalue weighted by molar-refractivity contribution is 7.71. The molecule has 3 aromatic rings. The normalized spacial score (nSPS) is 11.1. The molecule has 0 saturated heterocycles. The van der Waals surface area contributed by atoms with Crippen LogP contribution in [0.5, 0.6) is 0 Å². The van der Waals surface area contributed by atoms with Crippen LogP contribution in [0.15, 0.2) is 60.7 Å². The van der Waals surface area contributed by atoms with Crippen LogP contribution >= 0.6 is 12.2 Å². The summed E-state index contributed by atoms with van der Waals surface area (Å²) in [6, 6.07) is 20.8. The maximum atomic E-state index is 5.55. The van der Waals surface area contributed by atoms with Crippen LogP contribution in [0.4, 0.5) is 0 Å². The van der Waals surface area contributed by atoms with Crippen LogP contribution in [-0.4, -0.2) is 26.3 Å². The summed E-state index contributed by atoms with van der Waals surface area (Å²) in [5.74, 6) is 0.985. The van der Waals surface area contributed by atoms with Crippen molar-refractivity contribution in [2.75, 3.05) is 7.05 Å². The third-order valence-electron chi connectivity index (χ3n) is 4.01. The molecule has 1 aromatic heterocycles. The van der Waals surface area contributed by atoms with Crippen molar-refractivity contribution in [2.24, 2.45) is 7.05 Å². The van der Waals surface area contributed by atoms with Crippen LogP contribution < -0.4 is 0 Å². The molecule has 0 aliphatic heterocycles. The van der Waals surface area contributed by atoms with Gasteiger partial charge in [-0.2, -0.15) is 5.10 Å². The molecule has 0 bridgehead atoms. The lowest BCUT2D eigenvalue weighted by Gasteiger charge is -2.16. The Morgan fingerprint density at radius 3 is 2.17 bits per heavy atom. The second kappa shape index (κ2) is 7.55. The largest absolute Gasteiger partial charge is 0.307 e.